The van der Waals surface area contributed by atoms with E-state index in [-0.39, 0.29) is 25.6 Å². The van der Waals surface area contributed by atoms with Gasteiger partial charge >= 0.3 is 6.18 Å². The highest BCUT2D eigenvalue weighted by Gasteiger charge is 2.61. The Labute approximate surface area is 106 Å². The van der Waals surface area contributed by atoms with Gasteiger partial charge in [0.05, 0.1) is 0 Å². The van der Waals surface area contributed by atoms with Crippen LogP contribution in [-0.4, -0.2) is 31.2 Å². The molecule has 1 aliphatic rings. The number of hydrogen-bond donors (Lipinski definition) is 2. The summed E-state index contributed by atoms with van der Waals surface area (Å²) in [4.78, 5) is 12.0. The predicted octanol–water partition coefficient (Wildman–Crippen LogP) is 2.22. The maximum atomic E-state index is 13.1. The van der Waals surface area contributed by atoms with Crippen LogP contribution in [0.2, 0.25) is 0 Å². The molecule has 0 aromatic heterocycles. The molecule has 1 aliphatic heterocycles. The van der Waals surface area contributed by atoms with Crippen LogP contribution in [0.25, 0.3) is 0 Å². The molecule has 1 fully saturated rings. The third-order valence-corrected chi connectivity index (χ3v) is 3.60. The molecule has 0 bridgehead atoms. The average molecular weight is 266 g/mol. The molecule has 1 saturated heterocycles. The molecule has 6 heteroatoms. The van der Waals surface area contributed by atoms with Crippen molar-refractivity contribution in [2.75, 3.05) is 13.1 Å². The van der Waals surface area contributed by atoms with Gasteiger partial charge in [-0.1, -0.05) is 20.3 Å². The summed E-state index contributed by atoms with van der Waals surface area (Å²) >= 11 is 0. The Bertz CT molecular complexity index is 286. The van der Waals surface area contributed by atoms with Crippen molar-refractivity contribution in [2.45, 2.75) is 51.7 Å². The molecule has 1 heterocycles. The van der Waals surface area contributed by atoms with Crippen LogP contribution in [0.5, 0.6) is 0 Å². The Morgan fingerprint density at radius 2 is 2.11 bits per heavy atom. The quantitative estimate of drug-likeness (QED) is 0.801. The van der Waals surface area contributed by atoms with Crippen LogP contribution in [-0.2, 0) is 4.79 Å². The number of nitrogens with one attached hydrogen (secondary N) is 2. The van der Waals surface area contributed by atoms with Crippen LogP contribution in [0.1, 0.15) is 39.5 Å². The first kappa shape index (κ1) is 15.3. The van der Waals surface area contributed by atoms with Gasteiger partial charge in [0, 0.05) is 12.6 Å². The third-order valence-electron chi connectivity index (χ3n) is 3.60. The van der Waals surface area contributed by atoms with E-state index in [1.807, 2.05) is 13.8 Å². The number of carbonyl (C=O) groups is 1. The minimum Gasteiger partial charge on any atom is -0.353 e. The zero-order valence-corrected chi connectivity index (χ0v) is 10.9. The Morgan fingerprint density at radius 3 is 2.50 bits per heavy atom. The fraction of sp³-hybridized carbons (Fsp3) is 0.917. The first-order chi connectivity index (χ1) is 8.37. The summed E-state index contributed by atoms with van der Waals surface area (Å²) in [6, 6.07) is -0.165. The van der Waals surface area contributed by atoms with E-state index in [2.05, 4.69) is 10.6 Å². The predicted molar refractivity (Wildman–Crippen MR) is 63.1 cm³/mol. The van der Waals surface area contributed by atoms with Gasteiger partial charge in [0.25, 0.3) is 0 Å². The van der Waals surface area contributed by atoms with Gasteiger partial charge in [-0.15, -0.1) is 0 Å². The maximum absolute atomic E-state index is 13.1. The van der Waals surface area contributed by atoms with E-state index in [4.69, 9.17) is 0 Å². The fourth-order valence-electron chi connectivity index (χ4n) is 2.31. The van der Waals surface area contributed by atoms with Crippen molar-refractivity contribution in [1.29, 1.82) is 0 Å². The van der Waals surface area contributed by atoms with Crippen LogP contribution < -0.4 is 10.6 Å². The third kappa shape index (κ3) is 2.96. The molecule has 2 N–H and O–H groups in total. The lowest BCUT2D eigenvalue weighted by Crippen LogP contribution is -2.54. The molecule has 0 spiro atoms. The smallest absolute Gasteiger partial charge is 0.353 e. The van der Waals surface area contributed by atoms with Crippen molar-refractivity contribution in [1.82, 2.24) is 10.6 Å². The normalized spacial score (nSPS) is 26.1. The number of alkyl halides is 3. The zero-order chi connectivity index (χ0) is 13.8. The van der Waals surface area contributed by atoms with Crippen LogP contribution in [0.15, 0.2) is 0 Å². The first-order valence-electron chi connectivity index (χ1n) is 6.45. The lowest BCUT2D eigenvalue weighted by molar-refractivity contribution is -0.216. The average Bonchev–Trinajstić information content (AvgIpc) is 2.77. The zero-order valence-electron chi connectivity index (χ0n) is 10.9. The molecule has 0 aromatic carbocycles. The SMILES string of the molecule is CCCC(CC)NC(=O)C1(C(F)(F)F)CCNC1. The molecule has 0 aliphatic carbocycles. The summed E-state index contributed by atoms with van der Waals surface area (Å²) in [5.74, 6) is -0.875. The fourth-order valence-corrected chi connectivity index (χ4v) is 2.31. The van der Waals surface area contributed by atoms with E-state index in [1.54, 1.807) is 0 Å². The lowest BCUT2D eigenvalue weighted by Gasteiger charge is -2.31. The molecule has 0 radical (unpaired) electrons. The van der Waals surface area contributed by atoms with E-state index in [0.717, 1.165) is 6.42 Å². The van der Waals surface area contributed by atoms with E-state index in [0.29, 0.717) is 12.8 Å². The van der Waals surface area contributed by atoms with Crippen LogP contribution in [0.3, 0.4) is 0 Å². The molecule has 2 unspecified atom stereocenters. The van der Waals surface area contributed by atoms with Gasteiger partial charge in [0.15, 0.2) is 5.41 Å². The molecule has 2 atom stereocenters. The number of hydrogen-bond acceptors (Lipinski definition) is 2. The molecule has 3 nitrogen and oxygen atoms in total. The van der Waals surface area contributed by atoms with Gasteiger partial charge in [-0.3, -0.25) is 4.79 Å². The minimum absolute atomic E-state index is 0.165. The molecular weight excluding hydrogens is 245 g/mol. The van der Waals surface area contributed by atoms with Gasteiger partial charge in [-0.25, -0.2) is 0 Å². The van der Waals surface area contributed by atoms with Gasteiger partial charge in [-0.2, -0.15) is 13.2 Å². The van der Waals surface area contributed by atoms with Crippen molar-refractivity contribution in [2.24, 2.45) is 5.41 Å². The van der Waals surface area contributed by atoms with Crippen molar-refractivity contribution < 1.29 is 18.0 Å². The van der Waals surface area contributed by atoms with Crippen molar-refractivity contribution >= 4 is 5.91 Å². The summed E-state index contributed by atoms with van der Waals surface area (Å²) in [7, 11) is 0. The number of carbonyl (C=O) groups excluding carboxylic acids is 1. The Hall–Kier alpha value is -0.780. The van der Waals surface area contributed by atoms with E-state index in [9.17, 15) is 18.0 Å². The van der Waals surface area contributed by atoms with E-state index >= 15 is 0 Å². The Morgan fingerprint density at radius 1 is 1.44 bits per heavy atom. The standard InChI is InChI=1S/C12H21F3N2O/c1-3-5-9(4-2)17-10(18)11(12(13,14)15)6-7-16-8-11/h9,16H,3-8H2,1-2H3,(H,17,18). The molecule has 0 saturated carbocycles. The summed E-state index contributed by atoms with van der Waals surface area (Å²) < 4.78 is 39.3. The second kappa shape index (κ2) is 5.91. The van der Waals surface area contributed by atoms with Crippen molar-refractivity contribution in [3.63, 3.8) is 0 Å². The molecule has 0 aromatic rings. The largest absolute Gasteiger partial charge is 0.404 e. The monoisotopic (exact) mass is 266 g/mol. The van der Waals surface area contributed by atoms with Crippen LogP contribution in [0, 0.1) is 5.41 Å². The number of amides is 1. The highest BCUT2D eigenvalue weighted by Crippen LogP contribution is 2.43. The van der Waals surface area contributed by atoms with Crippen LogP contribution >= 0.6 is 0 Å². The Balaban J connectivity index is 2.78. The molecule has 1 rings (SSSR count). The highest BCUT2D eigenvalue weighted by molar-refractivity contribution is 5.84. The van der Waals surface area contributed by atoms with Crippen molar-refractivity contribution in [3.8, 4) is 0 Å². The number of rotatable bonds is 5. The molecular formula is C12H21F3N2O. The second-order valence-corrected chi connectivity index (χ2v) is 4.87. The van der Waals surface area contributed by atoms with Crippen molar-refractivity contribution in [3.05, 3.63) is 0 Å². The molecule has 18 heavy (non-hydrogen) atoms. The second-order valence-electron chi connectivity index (χ2n) is 4.87. The summed E-state index contributed by atoms with van der Waals surface area (Å²) in [5.41, 5.74) is -2.24. The highest BCUT2D eigenvalue weighted by atomic mass is 19.4. The Kier molecular flexibility index (Phi) is 5.01. The van der Waals surface area contributed by atoms with Gasteiger partial charge in [-0.05, 0) is 25.8 Å². The van der Waals surface area contributed by atoms with Crippen LogP contribution in [0.4, 0.5) is 13.2 Å². The first-order valence-corrected chi connectivity index (χ1v) is 6.45. The van der Waals surface area contributed by atoms with Gasteiger partial charge < -0.3 is 10.6 Å². The summed E-state index contributed by atoms with van der Waals surface area (Å²) in [5, 5.41) is 5.20. The number of halogens is 3. The van der Waals surface area contributed by atoms with E-state index in [1.165, 1.54) is 0 Å². The minimum atomic E-state index is -4.49. The van der Waals surface area contributed by atoms with E-state index < -0.39 is 17.5 Å². The van der Waals surface area contributed by atoms with Gasteiger partial charge in [0.2, 0.25) is 5.91 Å². The molecule has 106 valence electrons. The maximum Gasteiger partial charge on any atom is 0.404 e. The topological polar surface area (TPSA) is 41.1 Å². The van der Waals surface area contributed by atoms with Gasteiger partial charge in [0.1, 0.15) is 0 Å². The summed E-state index contributed by atoms with van der Waals surface area (Å²) in [6.45, 7) is 3.74. The molecule has 1 amide bonds. The lowest BCUT2D eigenvalue weighted by atomic mass is 9.84. The summed E-state index contributed by atoms with van der Waals surface area (Å²) in [6.07, 6.45) is -2.46.